The van der Waals surface area contributed by atoms with Gasteiger partial charge in [0.25, 0.3) is 0 Å². The van der Waals surface area contributed by atoms with Gasteiger partial charge in [-0.1, -0.05) is 18.1 Å². The lowest BCUT2D eigenvalue weighted by atomic mass is 9.81. The number of carbonyl (C=O) groups excluding carboxylic acids is 1. The van der Waals surface area contributed by atoms with E-state index < -0.39 is 0 Å². The topological polar surface area (TPSA) is 17.1 Å². The summed E-state index contributed by atoms with van der Waals surface area (Å²) >= 11 is 0. The molecule has 1 fully saturated rings. The van der Waals surface area contributed by atoms with Crippen molar-refractivity contribution in [1.82, 2.24) is 0 Å². The first kappa shape index (κ1) is 8.03. The minimum atomic E-state index is 0.334. The van der Waals surface area contributed by atoms with Crippen molar-refractivity contribution in [2.75, 3.05) is 0 Å². The third-order valence-electron chi connectivity index (χ3n) is 3.08. The van der Waals surface area contributed by atoms with E-state index in [9.17, 15) is 4.79 Å². The molecule has 0 radical (unpaired) electrons. The summed E-state index contributed by atoms with van der Waals surface area (Å²) in [6.07, 6.45) is 10.3. The number of carbonyl (C=O) groups is 1. The number of hydrogen-bond donors (Lipinski definition) is 0. The van der Waals surface area contributed by atoms with Crippen molar-refractivity contribution in [2.24, 2.45) is 5.92 Å². The molecule has 0 aliphatic heterocycles. The summed E-state index contributed by atoms with van der Waals surface area (Å²) in [5, 5.41) is 0. The Morgan fingerprint density at radius 1 is 1.17 bits per heavy atom. The molecule has 0 amide bonds. The van der Waals surface area contributed by atoms with Crippen molar-refractivity contribution >= 4 is 5.78 Å². The Hall–Kier alpha value is -0.590. The Morgan fingerprint density at radius 2 is 2.08 bits per heavy atom. The van der Waals surface area contributed by atoms with Crippen molar-refractivity contribution in [3.8, 4) is 0 Å². The Balaban J connectivity index is 2.18. The molecule has 0 bridgehead atoms. The van der Waals surface area contributed by atoms with Crippen molar-refractivity contribution in [2.45, 2.75) is 44.9 Å². The highest BCUT2D eigenvalue weighted by Gasteiger charge is 2.26. The number of hydrogen-bond acceptors (Lipinski definition) is 1. The molecule has 0 aromatic heterocycles. The maximum atomic E-state index is 11.6. The van der Waals surface area contributed by atoms with Gasteiger partial charge in [-0.25, -0.2) is 0 Å². The molecule has 0 saturated heterocycles. The lowest BCUT2D eigenvalue weighted by Gasteiger charge is -2.22. The molecule has 66 valence electrons. The fourth-order valence-corrected chi connectivity index (χ4v) is 2.39. The van der Waals surface area contributed by atoms with Crippen LogP contribution in [0.4, 0.5) is 0 Å². The second-order valence-electron chi connectivity index (χ2n) is 3.94. The van der Waals surface area contributed by atoms with E-state index in [0.29, 0.717) is 11.7 Å². The van der Waals surface area contributed by atoms with E-state index in [0.717, 1.165) is 25.7 Å². The lowest BCUT2D eigenvalue weighted by Crippen LogP contribution is -2.18. The number of ketones is 1. The van der Waals surface area contributed by atoms with Crippen LogP contribution in [-0.2, 0) is 4.79 Å². The molecule has 1 atom stereocenters. The predicted molar refractivity (Wildman–Crippen MR) is 48.9 cm³/mol. The third kappa shape index (κ3) is 1.45. The third-order valence-corrected chi connectivity index (χ3v) is 3.08. The summed E-state index contributed by atoms with van der Waals surface area (Å²) in [5.41, 5.74) is 1.46. The highest BCUT2D eigenvalue weighted by Crippen LogP contribution is 2.33. The van der Waals surface area contributed by atoms with Gasteiger partial charge in [0, 0.05) is 12.3 Å². The van der Waals surface area contributed by atoms with Gasteiger partial charge in [0.05, 0.1) is 0 Å². The van der Waals surface area contributed by atoms with Crippen LogP contribution in [0.3, 0.4) is 0 Å². The van der Waals surface area contributed by atoms with Gasteiger partial charge in [-0.15, -0.1) is 0 Å². The quantitative estimate of drug-likeness (QED) is 0.503. The van der Waals surface area contributed by atoms with Gasteiger partial charge in [0.1, 0.15) is 5.78 Å². The summed E-state index contributed by atoms with van der Waals surface area (Å²) in [7, 11) is 0. The van der Waals surface area contributed by atoms with Crippen LogP contribution >= 0.6 is 0 Å². The average Bonchev–Trinajstić information content (AvgIpc) is 2.29. The van der Waals surface area contributed by atoms with Crippen LogP contribution in [0.1, 0.15) is 44.9 Å². The van der Waals surface area contributed by atoms with E-state index in [4.69, 9.17) is 0 Å². The van der Waals surface area contributed by atoms with Gasteiger partial charge >= 0.3 is 0 Å². The van der Waals surface area contributed by atoms with E-state index >= 15 is 0 Å². The first-order valence-electron chi connectivity index (χ1n) is 5.09. The number of rotatable bonds is 0. The minimum absolute atomic E-state index is 0.334. The Bertz CT molecular complexity index is 215. The van der Waals surface area contributed by atoms with Crippen LogP contribution in [0.25, 0.3) is 0 Å². The average molecular weight is 164 g/mol. The fourth-order valence-electron chi connectivity index (χ4n) is 2.39. The fraction of sp³-hybridized carbons (Fsp3) is 0.727. The van der Waals surface area contributed by atoms with E-state index in [2.05, 4.69) is 6.08 Å². The van der Waals surface area contributed by atoms with Crippen LogP contribution in [0, 0.1) is 5.92 Å². The maximum absolute atomic E-state index is 11.6. The molecule has 0 heterocycles. The first-order chi connectivity index (χ1) is 5.88. The van der Waals surface area contributed by atoms with E-state index in [1.165, 1.54) is 24.8 Å². The van der Waals surface area contributed by atoms with Crippen molar-refractivity contribution in [3.63, 3.8) is 0 Å². The molecule has 1 nitrogen and oxygen atoms in total. The summed E-state index contributed by atoms with van der Waals surface area (Å²) in [5.74, 6) is 0.847. The van der Waals surface area contributed by atoms with Gasteiger partial charge in [-0.2, -0.15) is 0 Å². The van der Waals surface area contributed by atoms with Crippen molar-refractivity contribution in [3.05, 3.63) is 11.6 Å². The zero-order valence-electron chi connectivity index (χ0n) is 7.51. The van der Waals surface area contributed by atoms with E-state index in [1.807, 2.05) is 0 Å². The van der Waals surface area contributed by atoms with Crippen molar-refractivity contribution in [1.29, 1.82) is 0 Å². The largest absolute Gasteiger partial charge is 0.299 e. The van der Waals surface area contributed by atoms with Crippen LogP contribution in [0.2, 0.25) is 0 Å². The maximum Gasteiger partial charge on any atom is 0.140 e. The van der Waals surface area contributed by atoms with Crippen LogP contribution < -0.4 is 0 Å². The van der Waals surface area contributed by atoms with E-state index in [-0.39, 0.29) is 0 Å². The monoisotopic (exact) mass is 164 g/mol. The molecule has 0 aromatic carbocycles. The van der Waals surface area contributed by atoms with E-state index in [1.54, 1.807) is 0 Å². The summed E-state index contributed by atoms with van der Waals surface area (Å²) in [6, 6.07) is 0. The summed E-state index contributed by atoms with van der Waals surface area (Å²) in [4.78, 5) is 11.6. The second kappa shape index (κ2) is 3.42. The van der Waals surface area contributed by atoms with Gasteiger partial charge < -0.3 is 0 Å². The highest BCUT2D eigenvalue weighted by atomic mass is 16.1. The molecule has 2 aliphatic rings. The summed E-state index contributed by atoms with van der Waals surface area (Å²) in [6.45, 7) is 0. The molecule has 1 unspecified atom stereocenters. The highest BCUT2D eigenvalue weighted by molar-refractivity contribution is 5.84. The Kier molecular flexibility index (Phi) is 2.29. The Morgan fingerprint density at radius 3 is 3.00 bits per heavy atom. The van der Waals surface area contributed by atoms with Crippen molar-refractivity contribution < 1.29 is 4.79 Å². The number of Topliss-reactive ketones (excluding diaryl/α,β-unsaturated/α-hetero) is 1. The van der Waals surface area contributed by atoms with Crippen LogP contribution in [0.15, 0.2) is 11.6 Å². The minimum Gasteiger partial charge on any atom is -0.299 e. The van der Waals surface area contributed by atoms with Gasteiger partial charge in [-0.05, 0) is 32.1 Å². The first-order valence-corrected chi connectivity index (χ1v) is 5.09. The lowest BCUT2D eigenvalue weighted by molar-refractivity contribution is -0.122. The molecule has 1 heteroatoms. The molecule has 2 rings (SSSR count). The Labute approximate surface area is 73.8 Å². The molecule has 12 heavy (non-hydrogen) atoms. The van der Waals surface area contributed by atoms with Gasteiger partial charge in [0.15, 0.2) is 0 Å². The normalized spacial score (nSPS) is 30.5. The number of fused-ring (bicyclic) bond motifs is 1. The smallest absolute Gasteiger partial charge is 0.140 e. The zero-order valence-corrected chi connectivity index (χ0v) is 7.51. The molecule has 0 N–H and O–H groups in total. The SMILES string of the molecule is O=C1CCCC=C2CCCCC12. The number of allylic oxidation sites excluding steroid dienone is 2. The summed E-state index contributed by atoms with van der Waals surface area (Å²) < 4.78 is 0. The second-order valence-corrected chi connectivity index (χ2v) is 3.94. The molecule has 0 aromatic rings. The van der Waals surface area contributed by atoms with Crippen LogP contribution in [-0.4, -0.2) is 5.78 Å². The molecular formula is C11H16O. The molecular weight excluding hydrogens is 148 g/mol. The van der Waals surface area contributed by atoms with Gasteiger partial charge in [0.2, 0.25) is 0 Å². The standard InChI is InChI=1S/C11H16O/c12-11-8-4-2-6-9-5-1-3-7-10(9)11/h6,10H,1-5,7-8H2. The molecule has 0 spiro atoms. The molecule has 2 aliphatic carbocycles. The van der Waals surface area contributed by atoms with Crippen LogP contribution in [0.5, 0.6) is 0 Å². The predicted octanol–water partition coefficient (Wildman–Crippen LogP) is 2.86. The zero-order chi connectivity index (χ0) is 8.39. The van der Waals surface area contributed by atoms with Gasteiger partial charge in [-0.3, -0.25) is 4.79 Å². The molecule has 1 saturated carbocycles.